The molecule has 6 heteroatoms. The topological polar surface area (TPSA) is 72.5 Å². The van der Waals surface area contributed by atoms with E-state index in [1.807, 2.05) is 24.3 Å². The lowest BCUT2D eigenvalue weighted by Gasteiger charge is -2.10. The van der Waals surface area contributed by atoms with Crippen molar-refractivity contribution < 1.29 is 14.3 Å². The van der Waals surface area contributed by atoms with Gasteiger partial charge in [0.1, 0.15) is 5.82 Å². The van der Waals surface area contributed by atoms with Gasteiger partial charge in [0, 0.05) is 18.8 Å². The predicted octanol–water partition coefficient (Wildman–Crippen LogP) is 2.65. The van der Waals surface area contributed by atoms with E-state index in [1.165, 1.54) is 0 Å². The van der Waals surface area contributed by atoms with Gasteiger partial charge in [-0.25, -0.2) is 4.98 Å². The van der Waals surface area contributed by atoms with Crippen LogP contribution in [0.25, 0.3) is 0 Å². The molecule has 25 heavy (non-hydrogen) atoms. The normalized spacial score (nSPS) is 13.2. The van der Waals surface area contributed by atoms with Crippen LogP contribution in [0.2, 0.25) is 0 Å². The molecule has 1 aromatic heterocycles. The molecule has 0 unspecified atom stereocenters. The zero-order valence-electron chi connectivity index (χ0n) is 14.5. The third kappa shape index (κ3) is 4.62. The van der Waals surface area contributed by atoms with Crippen LogP contribution >= 0.6 is 0 Å². The van der Waals surface area contributed by atoms with Gasteiger partial charge in [-0.1, -0.05) is 6.07 Å². The first-order chi connectivity index (χ1) is 12.2. The van der Waals surface area contributed by atoms with Crippen molar-refractivity contribution in [2.45, 2.75) is 25.3 Å². The van der Waals surface area contributed by atoms with Gasteiger partial charge in [0.25, 0.3) is 5.91 Å². The highest BCUT2D eigenvalue weighted by Crippen LogP contribution is 2.27. The molecule has 1 heterocycles. The average molecular weight is 341 g/mol. The van der Waals surface area contributed by atoms with Crippen LogP contribution in [-0.4, -0.2) is 37.7 Å². The molecule has 6 nitrogen and oxygen atoms in total. The fourth-order valence-electron chi connectivity index (χ4n) is 2.50. The Kier molecular flexibility index (Phi) is 5.38. The number of hydrogen-bond acceptors (Lipinski definition) is 5. The second-order valence-corrected chi connectivity index (χ2v) is 6.05. The number of pyridine rings is 1. The lowest BCUT2D eigenvalue weighted by atomic mass is 10.1. The van der Waals surface area contributed by atoms with E-state index in [9.17, 15) is 4.79 Å². The summed E-state index contributed by atoms with van der Waals surface area (Å²) in [7, 11) is 3.25. The number of methoxy groups -OCH3 is 2. The fraction of sp³-hybridized carbons (Fsp3) is 0.368. The lowest BCUT2D eigenvalue weighted by Crippen LogP contribution is -2.25. The summed E-state index contributed by atoms with van der Waals surface area (Å²) in [5.74, 6) is 2.15. The van der Waals surface area contributed by atoms with Gasteiger partial charge in [-0.05, 0) is 49.1 Å². The molecule has 3 rings (SSSR count). The number of ether oxygens (including phenoxy) is 2. The Morgan fingerprint density at radius 3 is 2.60 bits per heavy atom. The number of hydrogen-bond donors (Lipinski definition) is 2. The summed E-state index contributed by atoms with van der Waals surface area (Å²) in [6, 6.07) is 9.87. The largest absolute Gasteiger partial charge is 0.493 e. The summed E-state index contributed by atoms with van der Waals surface area (Å²) >= 11 is 0. The Morgan fingerprint density at radius 2 is 1.96 bits per heavy atom. The standard InChI is InChI=1S/C19H23N3O3/c1-24-16-7-3-13(11-17(16)25-2)9-10-20-18-8-4-14(12-21-18)19(23)22-15-5-6-15/h3-4,7-8,11-12,15H,5-6,9-10H2,1-2H3,(H,20,21)(H,22,23). The van der Waals surface area contributed by atoms with Crippen molar-refractivity contribution in [1.82, 2.24) is 10.3 Å². The van der Waals surface area contributed by atoms with Crippen molar-refractivity contribution in [3.05, 3.63) is 47.7 Å². The van der Waals surface area contributed by atoms with E-state index in [4.69, 9.17) is 9.47 Å². The maximum atomic E-state index is 11.9. The number of carbonyl (C=O) groups is 1. The molecule has 0 aliphatic heterocycles. The number of rotatable bonds is 8. The maximum Gasteiger partial charge on any atom is 0.253 e. The van der Waals surface area contributed by atoms with Crippen molar-refractivity contribution in [2.75, 3.05) is 26.1 Å². The van der Waals surface area contributed by atoms with Gasteiger partial charge in [-0.15, -0.1) is 0 Å². The molecular formula is C19H23N3O3. The van der Waals surface area contributed by atoms with E-state index in [2.05, 4.69) is 15.6 Å². The molecule has 0 saturated heterocycles. The van der Waals surface area contributed by atoms with Gasteiger partial charge in [0.05, 0.1) is 19.8 Å². The minimum atomic E-state index is -0.0492. The Balaban J connectivity index is 1.50. The minimum absolute atomic E-state index is 0.0492. The van der Waals surface area contributed by atoms with E-state index >= 15 is 0 Å². The third-order valence-corrected chi connectivity index (χ3v) is 4.11. The van der Waals surface area contributed by atoms with Crippen LogP contribution in [0.15, 0.2) is 36.5 Å². The number of amides is 1. The van der Waals surface area contributed by atoms with E-state index in [1.54, 1.807) is 26.5 Å². The van der Waals surface area contributed by atoms with Crippen LogP contribution in [0, 0.1) is 0 Å². The Hall–Kier alpha value is -2.76. The van der Waals surface area contributed by atoms with Crippen LogP contribution in [0.4, 0.5) is 5.82 Å². The molecule has 0 atom stereocenters. The molecule has 1 aliphatic rings. The maximum absolute atomic E-state index is 11.9. The van der Waals surface area contributed by atoms with E-state index in [0.29, 0.717) is 11.6 Å². The Bertz CT molecular complexity index is 727. The molecule has 1 aliphatic carbocycles. The number of anilines is 1. The smallest absolute Gasteiger partial charge is 0.253 e. The summed E-state index contributed by atoms with van der Waals surface area (Å²) in [6.45, 7) is 0.732. The number of nitrogens with zero attached hydrogens (tertiary/aromatic N) is 1. The van der Waals surface area contributed by atoms with Gasteiger partial charge in [0.2, 0.25) is 0 Å². The molecule has 1 fully saturated rings. The van der Waals surface area contributed by atoms with Crippen molar-refractivity contribution in [3.8, 4) is 11.5 Å². The first kappa shape index (κ1) is 17.1. The molecular weight excluding hydrogens is 318 g/mol. The summed E-state index contributed by atoms with van der Waals surface area (Å²) in [5.41, 5.74) is 1.74. The van der Waals surface area contributed by atoms with Crippen molar-refractivity contribution in [3.63, 3.8) is 0 Å². The quantitative estimate of drug-likeness (QED) is 0.772. The van der Waals surface area contributed by atoms with Crippen LogP contribution < -0.4 is 20.1 Å². The van der Waals surface area contributed by atoms with E-state index < -0.39 is 0 Å². The fourth-order valence-corrected chi connectivity index (χ4v) is 2.50. The summed E-state index contributed by atoms with van der Waals surface area (Å²) in [6.07, 6.45) is 4.59. The molecule has 0 bridgehead atoms. The molecule has 1 saturated carbocycles. The minimum Gasteiger partial charge on any atom is -0.493 e. The number of nitrogens with one attached hydrogen (secondary N) is 2. The molecule has 2 N–H and O–H groups in total. The van der Waals surface area contributed by atoms with Crippen molar-refractivity contribution in [2.24, 2.45) is 0 Å². The van der Waals surface area contributed by atoms with Crippen LogP contribution in [0.5, 0.6) is 11.5 Å². The van der Waals surface area contributed by atoms with Crippen LogP contribution in [0.3, 0.4) is 0 Å². The number of benzene rings is 1. The first-order valence-corrected chi connectivity index (χ1v) is 8.41. The highest BCUT2D eigenvalue weighted by Gasteiger charge is 2.23. The molecule has 2 aromatic rings. The van der Waals surface area contributed by atoms with E-state index in [0.717, 1.165) is 48.7 Å². The SMILES string of the molecule is COc1ccc(CCNc2ccc(C(=O)NC3CC3)cn2)cc1OC. The second-order valence-electron chi connectivity index (χ2n) is 6.05. The molecule has 0 spiro atoms. The van der Waals surface area contributed by atoms with Crippen LogP contribution in [0.1, 0.15) is 28.8 Å². The van der Waals surface area contributed by atoms with Gasteiger partial charge in [0.15, 0.2) is 11.5 Å². The van der Waals surface area contributed by atoms with E-state index in [-0.39, 0.29) is 5.91 Å². The Morgan fingerprint density at radius 1 is 1.16 bits per heavy atom. The summed E-state index contributed by atoms with van der Waals surface area (Å²) in [5, 5.41) is 6.22. The third-order valence-electron chi connectivity index (χ3n) is 4.11. The zero-order valence-corrected chi connectivity index (χ0v) is 14.5. The van der Waals surface area contributed by atoms with Crippen LogP contribution in [-0.2, 0) is 6.42 Å². The zero-order chi connectivity index (χ0) is 17.6. The van der Waals surface area contributed by atoms with Crippen molar-refractivity contribution in [1.29, 1.82) is 0 Å². The van der Waals surface area contributed by atoms with Gasteiger partial charge >= 0.3 is 0 Å². The summed E-state index contributed by atoms with van der Waals surface area (Å²) < 4.78 is 10.6. The molecule has 1 aromatic carbocycles. The molecule has 132 valence electrons. The van der Waals surface area contributed by atoms with Gasteiger partial charge in [-0.3, -0.25) is 4.79 Å². The molecule has 1 amide bonds. The average Bonchev–Trinajstić information content (AvgIpc) is 3.46. The highest BCUT2D eigenvalue weighted by atomic mass is 16.5. The van der Waals surface area contributed by atoms with Gasteiger partial charge < -0.3 is 20.1 Å². The Labute approximate surface area is 147 Å². The molecule has 0 radical (unpaired) electrons. The van der Waals surface area contributed by atoms with Crippen molar-refractivity contribution >= 4 is 11.7 Å². The van der Waals surface area contributed by atoms with Gasteiger partial charge in [-0.2, -0.15) is 0 Å². The lowest BCUT2D eigenvalue weighted by molar-refractivity contribution is 0.0951. The number of aromatic nitrogens is 1. The second kappa shape index (κ2) is 7.88. The first-order valence-electron chi connectivity index (χ1n) is 8.41. The predicted molar refractivity (Wildman–Crippen MR) is 96.5 cm³/mol. The number of carbonyl (C=O) groups excluding carboxylic acids is 1. The summed E-state index contributed by atoms with van der Waals surface area (Å²) in [4.78, 5) is 16.2. The highest BCUT2D eigenvalue weighted by molar-refractivity contribution is 5.94. The monoisotopic (exact) mass is 341 g/mol.